The fraction of sp³-hybridized carbons (Fsp3) is 0.278. The molecule has 6 heteroatoms. The first-order chi connectivity index (χ1) is 11.6. The molecule has 0 bridgehead atoms. The number of hydrogen-bond acceptors (Lipinski definition) is 5. The molecule has 2 aromatic rings. The molecule has 1 aromatic carbocycles. The zero-order chi connectivity index (χ0) is 17.0. The Balaban J connectivity index is 1.69. The van der Waals surface area contributed by atoms with Crippen LogP contribution in [0.1, 0.15) is 17.4 Å². The molecule has 0 unspecified atom stereocenters. The van der Waals surface area contributed by atoms with Crippen molar-refractivity contribution in [1.82, 2.24) is 15.5 Å². The molecule has 0 saturated heterocycles. The SMILES string of the molecule is Cc1ccc(OCC(=O)N(Cc2cccs2)C2(C)NC=CN2)cc1. The molecule has 3 rings (SSSR count). The van der Waals surface area contributed by atoms with Crippen LogP contribution in [0.25, 0.3) is 0 Å². The Morgan fingerprint density at radius 1 is 1.21 bits per heavy atom. The molecule has 2 N–H and O–H groups in total. The number of hydrogen-bond donors (Lipinski definition) is 2. The number of carbonyl (C=O) groups excluding carboxylic acids is 1. The summed E-state index contributed by atoms with van der Waals surface area (Å²) in [6.45, 7) is 4.46. The molecule has 126 valence electrons. The summed E-state index contributed by atoms with van der Waals surface area (Å²) >= 11 is 1.63. The second-order valence-electron chi connectivity index (χ2n) is 5.86. The number of nitrogens with zero attached hydrogens (tertiary/aromatic N) is 1. The van der Waals surface area contributed by atoms with Gasteiger partial charge in [-0.15, -0.1) is 11.3 Å². The summed E-state index contributed by atoms with van der Waals surface area (Å²) in [5.74, 6) is -0.0478. The first-order valence-electron chi connectivity index (χ1n) is 7.79. The summed E-state index contributed by atoms with van der Waals surface area (Å²) in [6, 6.07) is 11.7. The van der Waals surface area contributed by atoms with Gasteiger partial charge in [-0.05, 0) is 37.4 Å². The maximum Gasteiger partial charge on any atom is 0.264 e. The van der Waals surface area contributed by atoms with Gasteiger partial charge < -0.3 is 15.4 Å². The van der Waals surface area contributed by atoms with Crippen LogP contribution in [0.5, 0.6) is 5.75 Å². The van der Waals surface area contributed by atoms with Gasteiger partial charge >= 0.3 is 0 Å². The van der Waals surface area contributed by atoms with E-state index < -0.39 is 5.79 Å². The molecule has 0 aliphatic carbocycles. The highest BCUT2D eigenvalue weighted by atomic mass is 32.1. The van der Waals surface area contributed by atoms with Gasteiger partial charge in [0.1, 0.15) is 5.75 Å². The van der Waals surface area contributed by atoms with Gasteiger partial charge in [0, 0.05) is 17.3 Å². The third-order valence-electron chi connectivity index (χ3n) is 3.93. The Bertz CT molecular complexity index is 702. The standard InChI is InChI=1S/C18H21N3O2S/c1-14-5-7-15(8-6-14)23-13-17(22)21(12-16-4-3-11-24-16)18(2)19-9-10-20-18/h3-11,19-20H,12-13H2,1-2H3. The Hall–Kier alpha value is -2.47. The molecule has 24 heavy (non-hydrogen) atoms. The van der Waals surface area contributed by atoms with Crippen LogP contribution >= 0.6 is 11.3 Å². The zero-order valence-electron chi connectivity index (χ0n) is 13.8. The molecule has 1 amide bonds. The topological polar surface area (TPSA) is 53.6 Å². The molecule has 2 heterocycles. The summed E-state index contributed by atoms with van der Waals surface area (Å²) in [5.41, 5.74) is 1.16. The minimum absolute atomic E-state index is 0.00656. The van der Waals surface area contributed by atoms with E-state index in [0.717, 1.165) is 10.4 Å². The Kier molecular flexibility index (Phi) is 4.76. The second-order valence-corrected chi connectivity index (χ2v) is 6.89. The maximum atomic E-state index is 12.8. The van der Waals surface area contributed by atoms with E-state index in [9.17, 15) is 4.79 Å². The highest BCUT2D eigenvalue weighted by molar-refractivity contribution is 7.09. The van der Waals surface area contributed by atoms with Crippen molar-refractivity contribution in [3.8, 4) is 5.75 Å². The predicted octanol–water partition coefficient (Wildman–Crippen LogP) is 2.80. The number of nitrogens with one attached hydrogen (secondary N) is 2. The van der Waals surface area contributed by atoms with Crippen molar-refractivity contribution in [2.45, 2.75) is 26.2 Å². The normalized spacial score (nSPS) is 14.8. The Morgan fingerprint density at radius 3 is 2.54 bits per heavy atom. The summed E-state index contributed by atoms with van der Waals surface area (Å²) in [7, 11) is 0. The lowest BCUT2D eigenvalue weighted by Gasteiger charge is -2.38. The highest BCUT2D eigenvalue weighted by Crippen LogP contribution is 2.20. The fourth-order valence-electron chi connectivity index (χ4n) is 2.52. The molecule has 5 nitrogen and oxygen atoms in total. The van der Waals surface area contributed by atoms with Crippen molar-refractivity contribution in [2.75, 3.05) is 6.61 Å². The van der Waals surface area contributed by atoms with Crippen molar-refractivity contribution in [1.29, 1.82) is 0 Å². The van der Waals surface area contributed by atoms with Crippen molar-refractivity contribution in [3.63, 3.8) is 0 Å². The third-order valence-corrected chi connectivity index (χ3v) is 4.79. The molecule has 0 spiro atoms. The molecule has 0 atom stereocenters. The van der Waals surface area contributed by atoms with E-state index in [1.807, 2.05) is 55.6 Å². The van der Waals surface area contributed by atoms with Crippen molar-refractivity contribution < 1.29 is 9.53 Å². The number of rotatable bonds is 6. The van der Waals surface area contributed by atoms with Crippen LogP contribution in [0, 0.1) is 6.92 Å². The van der Waals surface area contributed by atoms with Crippen LogP contribution in [-0.2, 0) is 11.3 Å². The largest absolute Gasteiger partial charge is 0.484 e. The van der Waals surface area contributed by atoms with Gasteiger partial charge in [-0.3, -0.25) is 9.69 Å². The minimum Gasteiger partial charge on any atom is -0.484 e. The summed E-state index contributed by atoms with van der Waals surface area (Å²) in [4.78, 5) is 15.7. The van der Waals surface area contributed by atoms with Gasteiger partial charge in [-0.2, -0.15) is 0 Å². The van der Waals surface area contributed by atoms with E-state index >= 15 is 0 Å². The molecule has 1 aliphatic rings. The van der Waals surface area contributed by atoms with Crippen molar-refractivity contribution >= 4 is 17.2 Å². The van der Waals surface area contributed by atoms with Gasteiger partial charge in [-0.25, -0.2) is 0 Å². The Labute approximate surface area is 145 Å². The quantitative estimate of drug-likeness (QED) is 0.847. The number of benzene rings is 1. The van der Waals surface area contributed by atoms with E-state index in [1.165, 1.54) is 0 Å². The highest BCUT2D eigenvalue weighted by Gasteiger charge is 2.36. The van der Waals surface area contributed by atoms with Gasteiger partial charge in [0.05, 0.1) is 6.54 Å². The monoisotopic (exact) mass is 343 g/mol. The molecule has 0 radical (unpaired) electrons. The smallest absolute Gasteiger partial charge is 0.264 e. The number of thiophene rings is 1. The fourth-order valence-corrected chi connectivity index (χ4v) is 3.21. The van der Waals surface area contributed by atoms with Crippen LogP contribution in [0.3, 0.4) is 0 Å². The number of carbonyl (C=O) groups is 1. The molecule has 1 aromatic heterocycles. The molecular formula is C18H21N3O2S. The van der Waals surface area contributed by atoms with Crippen LogP contribution < -0.4 is 15.4 Å². The minimum atomic E-state index is -0.655. The summed E-state index contributed by atoms with van der Waals surface area (Å²) < 4.78 is 5.66. The van der Waals surface area contributed by atoms with Crippen molar-refractivity contribution in [3.05, 3.63) is 64.6 Å². The van der Waals surface area contributed by atoms with E-state index in [0.29, 0.717) is 12.3 Å². The lowest BCUT2D eigenvalue weighted by molar-refractivity contribution is -0.141. The lowest BCUT2D eigenvalue weighted by Crippen LogP contribution is -2.62. The van der Waals surface area contributed by atoms with Crippen LogP contribution in [0.2, 0.25) is 0 Å². The summed E-state index contributed by atoms with van der Waals surface area (Å²) in [5, 5.41) is 8.40. The summed E-state index contributed by atoms with van der Waals surface area (Å²) in [6.07, 6.45) is 3.60. The van der Waals surface area contributed by atoms with Gasteiger partial charge in [0.2, 0.25) is 0 Å². The van der Waals surface area contributed by atoms with Gasteiger partial charge in [0.15, 0.2) is 12.4 Å². The van der Waals surface area contributed by atoms with E-state index in [1.54, 1.807) is 28.6 Å². The second kappa shape index (κ2) is 6.97. The predicted molar refractivity (Wildman–Crippen MR) is 95.4 cm³/mol. The number of ether oxygens (including phenoxy) is 1. The average Bonchev–Trinajstić information content (AvgIpc) is 3.24. The van der Waals surface area contributed by atoms with E-state index in [2.05, 4.69) is 10.6 Å². The van der Waals surface area contributed by atoms with E-state index in [4.69, 9.17) is 4.74 Å². The average molecular weight is 343 g/mol. The molecule has 1 aliphatic heterocycles. The zero-order valence-corrected chi connectivity index (χ0v) is 14.6. The lowest BCUT2D eigenvalue weighted by atomic mass is 10.2. The van der Waals surface area contributed by atoms with Gasteiger partial charge in [0.25, 0.3) is 5.91 Å². The third kappa shape index (κ3) is 3.71. The van der Waals surface area contributed by atoms with Crippen LogP contribution in [-0.4, -0.2) is 23.2 Å². The molecular weight excluding hydrogens is 322 g/mol. The number of aryl methyl sites for hydroxylation is 1. The molecule has 0 saturated carbocycles. The number of amides is 1. The maximum absolute atomic E-state index is 12.8. The van der Waals surface area contributed by atoms with Gasteiger partial charge in [-0.1, -0.05) is 23.8 Å². The first-order valence-corrected chi connectivity index (χ1v) is 8.67. The van der Waals surface area contributed by atoms with E-state index in [-0.39, 0.29) is 12.5 Å². The van der Waals surface area contributed by atoms with Crippen LogP contribution in [0.15, 0.2) is 54.2 Å². The Morgan fingerprint density at radius 2 is 1.92 bits per heavy atom. The first kappa shape index (κ1) is 16.4. The van der Waals surface area contributed by atoms with Crippen molar-refractivity contribution in [2.24, 2.45) is 0 Å². The van der Waals surface area contributed by atoms with Crippen LogP contribution in [0.4, 0.5) is 0 Å². The molecule has 0 fully saturated rings.